The molecule has 0 bridgehead atoms. The number of guanidine groups is 1. The lowest BCUT2D eigenvalue weighted by atomic mass is 9.85. The normalized spacial score (nSPS) is 13.2. The van der Waals surface area contributed by atoms with Crippen molar-refractivity contribution in [3.63, 3.8) is 0 Å². The molecule has 0 aromatic heterocycles. The Balaban J connectivity index is 2.12. The highest BCUT2D eigenvalue weighted by Gasteiger charge is 2.39. The molecule has 0 fully saturated rings. The largest absolute Gasteiger partial charge is 0.370 e. The molecule has 0 heterocycles. The van der Waals surface area contributed by atoms with Crippen LogP contribution >= 0.6 is 0 Å². The molecule has 132 valence electrons. The van der Waals surface area contributed by atoms with E-state index >= 15 is 0 Å². The van der Waals surface area contributed by atoms with Crippen LogP contribution < -0.4 is 22.9 Å². The van der Waals surface area contributed by atoms with E-state index in [1.54, 1.807) is 0 Å². The van der Waals surface area contributed by atoms with Crippen LogP contribution in [0.25, 0.3) is 10.8 Å². The number of carbonyl (C=O) groups excluding carboxylic acids is 2. The predicted molar refractivity (Wildman–Crippen MR) is 98.7 cm³/mol. The average molecular weight is 341 g/mol. The summed E-state index contributed by atoms with van der Waals surface area (Å²) in [7, 11) is 0. The first-order chi connectivity index (χ1) is 11.8. The Labute approximate surface area is 146 Å². The lowest BCUT2D eigenvalue weighted by molar-refractivity contribution is -0.134. The first-order valence-electron chi connectivity index (χ1n) is 7.98. The number of Topliss-reactive ketones (excluding diaryl/α,β-unsaturated/α-hetero) is 1. The average Bonchev–Trinajstić information content (AvgIpc) is 2.58. The van der Waals surface area contributed by atoms with E-state index in [-0.39, 0.29) is 25.3 Å². The number of nitrogens with two attached hydrogens (primary N) is 4. The predicted octanol–water partition coefficient (Wildman–Crippen LogP) is 0.188. The zero-order valence-corrected chi connectivity index (χ0v) is 13.9. The van der Waals surface area contributed by atoms with Crippen LogP contribution in [0.5, 0.6) is 0 Å². The number of carbonyl (C=O) groups is 2. The van der Waals surface area contributed by atoms with Crippen LogP contribution in [0, 0.1) is 0 Å². The lowest BCUT2D eigenvalue weighted by Crippen LogP contribution is -2.58. The van der Waals surface area contributed by atoms with Gasteiger partial charge in [-0.3, -0.25) is 14.6 Å². The summed E-state index contributed by atoms with van der Waals surface area (Å²) >= 11 is 0. The van der Waals surface area contributed by atoms with Gasteiger partial charge in [-0.05, 0) is 29.2 Å². The van der Waals surface area contributed by atoms with Gasteiger partial charge in [-0.2, -0.15) is 0 Å². The molecule has 2 rings (SSSR count). The van der Waals surface area contributed by atoms with Crippen LogP contribution in [-0.4, -0.2) is 29.7 Å². The van der Waals surface area contributed by atoms with Gasteiger partial charge >= 0.3 is 0 Å². The van der Waals surface area contributed by atoms with E-state index in [2.05, 4.69) is 4.99 Å². The fourth-order valence-electron chi connectivity index (χ4n) is 2.66. The summed E-state index contributed by atoms with van der Waals surface area (Å²) < 4.78 is 0. The number of aliphatic imine (C=N–C) groups is 1. The van der Waals surface area contributed by atoms with Crippen molar-refractivity contribution in [3.05, 3.63) is 48.0 Å². The molecule has 2 aromatic rings. The molecule has 2 aromatic carbocycles. The third kappa shape index (κ3) is 4.54. The summed E-state index contributed by atoms with van der Waals surface area (Å²) in [5, 5.41) is 2.09. The molecule has 8 N–H and O–H groups in total. The first-order valence-corrected chi connectivity index (χ1v) is 7.98. The number of nitrogens with zero attached hydrogens (tertiary/aromatic N) is 1. The number of rotatable bonds is 8. The molecule has 0 saturated carbocycles. The number of primary amides is 1. The van der Waals surface area contributed by atoms with Gasteiger partial charge in [0.05, 0.1) is 0 Å². The van der Waals surface area contributed by atoms with Crippen LogP contribution in [0.1, 0.15) is 18.4 Å². The fourth-order valence-corrected chi connectivity index (χ4v) is 2.66. The zero-order chi connectivity index (χ0) is 18.4. The summed E-state index contributed by atoms with van der Waals surface area (Å²) in [6, 6.07) is 13.5. The van der Waals surface area contributed by atoms with Crippen molar-refractivity contribution in [3.8, 4) is 0 Å². The monoisotopic (exact) mass is 341 g/mol. The van der Waals surface area contributed by atoms with Gasteiger partial charge in [-0.15, -0.1) is 0 Å². The van der Waals surface area contributed by atoms with Gasteiger partial charge in [0.25, 0.3) is 0 Å². The van der Waals surface area contributed by atoms with E-state index in [1.807, 2.05) is 42.5 Å². The second-order valence-electron chi connectivity index (χ2n) is 6.03. The third-order valence-electron chi connectivity index (χ3n) is 4.14. The van der Waals surface area contributed by atoms with Crippen molar-refractivity contribution in [1.82, 2.24) is 0 Å². The molecule has 0 saturated heterocycles. The Morgan fingerprint density at radius 2 is 1.68 bits per heavy atom. The second kappa shape index (κ2) is 7.76. The highest BCUT2D eigenvalue weighted by Crippen LogP contribution is 2.19. The van der Waals surface area contributed by atoms with Gasteiger partial charge in [0, 0.05) is 13.0 Å². The molecule has 25 heavy (non-hydrogen) atoms. The fraction of sp³-hybridized carbons (Fsp3) is 0.278. The van der Waals surface area contributed by atoms with E-state index in [0.717, 1.165) is 16.3 Å². The van der Waals surface area contributed by atoms with Crippen molar-refractivity contribution in [1.29, 1.82) is 0 Å². The highest BCUT2D eigenvalue weighted by molar-refractivity contribution is 6.10. The molecule has 0 spiro atoms. The third-order valence-corrected chi connectivity index (χ3v) is 4.14. The van der Waals surface area contributed by atoms with Crippen molar-refractivity contribution < 1.29 is 9.59 Å². The lowest BCUT2D eigenvalue weighted by Gasteiger charge is -2.24. The molecule has 0 unspecified atom stereocenters. The number of benzene rings is 2. The summed E-state index contributed by atoms with van der Waals surface area (Å²) in [4.78, 5) is 28.2. The summed E-state index contributed by atoms with van der Waals surface area (Å²) in [6.07, 6.45) is 0.499. The van der Waals surface area contributed by atoms with Gasteiger partial charge in [-0.25, -0.2) is 0 Å². The number of fused-ring (bicyclic) bond motifs is 1. The Bertz CT molecular complexity index is 814. The van der Waals surface area contributed by atoms with Crippen molar-refractivity contribution in [2.24, 2.45) is 27.9 Å². The minimum atomic E-state index is -1.73. The highest BCUT2D eigenvalue weighted by atomic mass is 16.2. The minimum Gasteiger partial charge on any atom is -0.370 e. The maximum atomic E-state index is 12.6. The number of amides is 1. The van der Waals surface area contributed by atoms with Crippen LogP contribution in [0.2, 0.25) is 0 Å². The molecule has 7 heteroatoms. The van der Waals surface area contributed by atoms with E-state index < -0.39 is 17.2 Å². The van der Waals surface area contributed by atoms with Gasteiger partial charge in [-0.1, -0.05) is 42.5 Å². The molecule has 0 aliphatic rings. The molecular formula is C18H23N5O2. The van der Waals surface area contributed by atoms with Gasteiger partial charge in [0.1, 0.15) is 0 Å². The van der Waals surface area contributed by atoms with E-state index in [0.29, 0.717) is 6.42 Å². The van der Waals surface area contributed by atoms with Crippen LogP contribution in [0.3, 0.4) is 0 Å². The molecule has 0 aliphatic carbocycles. The van der Waals surface area contributed by atoms with Gasteiger partial charge in [0.15, 0.2) is 17.3 Å². The topological polar surface area (TPSA) is 151 Å². The van der Waals surface area contributed by atoms with Crippen molar-refractivity contribution in [2.75, 3.05) is 6.54 Å². The minimum absolute atomic E-state index is 0.0343. The van der Waals surface area contributed by atoms with Crippen LogP contribution in [-0.2, 0) is 16.0 Å². The SMILES string of the molecule is NC(=O)[C@@](N)(CCCN=C(N)N)C(=O)Cc1ccc2ccccc2c1. The van der Waals surface area contributed by atoms with Gasteiger partial charge in [0.2, 0.25) is 5.91 Å². The second-order valence-corrected chi connectivity index (χ2v) is 6.03. The maximum absolute atomic E-state index is 12.6. The smallest absolute Gasteiger partial charge is 0.245 e. The Hall–Kier alpha value is -2.93. The summed E-state index contributed by atoms with van der Waals surface area (Å²) in [5.41, 5.74) is 21.0. The van der Waals surface area contributed by atoms with Crippen molar-refractivity contribution >= 4 is 28.4 Å². The van der Waals surface area contributed by atoms with Crippen molar-refractivity contribution in [2.45, 2.75) is 24.8 Å². The Kier molecular flexibility index (Phi) is 5.71. The Morgan fingerprint density at radius 3 is 2.32 bits per heavy atom. The molecule has 7 nitrogen and oxygen atoms in total. The number of hydrogen-bond donors (Lipinski definition) is 4. The standard InChI is InChI=1S/C18H23N5O2/c19-16(25)18(22,8-3-9-23-17(20)21)15(24)11-12-6-7-13-4-1-2-5-14(13)10-12/h1-2,4-7,10H,3,8-9,11,22H2,(H2,19,25)(H4,20,21,23)/t18-/m1/s1. The van der Waals surface area contributed by atoms with E-state index in [9.17, 15) is 9.59 Å². The maximum Gasteiger partial charge on any atom is 0.245 e. The van der Waals surface area contributed by atoms with E-state index in [1.165, 1.54) is 0 Å². The van der Waals surface area contributed by atoms with Crippen LogP contribution in [0.15, 0.2) is 47.5 Å². The number of ketones is 1. The molecule has 1 amide bonds. The molecule has 0 aliphatic heterocycles. The molecule has 1 atom stereocenters. The quantitative estimate of drug-likeness (QED) is 0.234. The number of hydrogen-bond acceptors (Lipinski definition) is 4. The van der Waals surface area contributed by atoms with E-state index in [4.69, 9.17) is 22.9 Å². The first kappa shape index (κ1) is 18.4. The Morgan fingerprint density at radius 1 is 1.00 bits per heavy atom. The molecule has 0 radical (unpaired) electrons. The summed E-state index contributed by atoms with van der Waals surface area (Å²) in [6.45, 7) is 0.276. The summed E-state index contributed by atoms with van der Waals surface area (Å²) in [5.74, 6) is -1.31. The molecular weight excluding hydrogens is 318 g/mol. The van der Waals surface area contributed by atoms with Crippen LogP contribution in [0.4, 0.5) is 0 Å². The van der Waals surface area contributed by atoms with Gasteiger partial charge < -0.3 is 22.9 Å². The zero-order valence-electron chi connectivity index (χ0n) is 13.9.